The second-order valence-electron chi connectivity index (χ2n) is 4.16. The molecular formula is C14H21NO2S. The smallest absolute Gasteiger partial charge is 0.335 e. The molecule has 1 N–H and O–H groups in total. The van der Waals surface area contributed by atoms with Crippen molar-refractivity contribution in [3.05, 3.63) is 29.3 Å². The van der Waals surface area contributed by atoms with Crippen molar-refractivity contribution in [3.8, 4) is 0 Å². The van der Waals surface area contributed by atoms with Crippen molar-refractivity contribution < 1.29 is 9.90 Å². The van der Waals surface area contributed by atoms with Crippen LogP contribution in [-0.4, -0.2) is 41.4 Å². The van der Waals surface area contributed by atoms with E-state index in [0.29, 0.717) is 5.56 Å². The van der Waals surface area contributed by atoms with Gasteiger partial charge >= 0.3 is 5.97 Å². The number of rotatable bonds is 7. The van der Waals surface area contributed by atoms with E-state index in [0.717, 1.165) is 35.8 Å². The molecule has 0 fully saturated rings. The van der Waals surface area contributed by atoms with Crippen molar-refractivity contribution in [2.24, 2.45) is 0 Å². The Labute approximate surface area is 113 Å². The van der Waals surface area contributed by atoms with Gasteiger partial charge in [0.05, 0.1) is 5.56 Å². The van der Waals surface area contributed by atoms with E-state index < -0.39 is 5.97 Å². The number of hydrogen-bond acceptors (Lipinski definition) is 3. The molecule has 0 aliphatic heterocycles. The normalized spacial score (nSPS) is 10.9. The van der Waals surface area contributed by atoms with Crippen LogP contribution in [0, 0.1) is 6.92 Å². The molecular weight excluding hydrogens is 246 g/mol. The molecule has 0 unspecified atom stereocenters. The summed E-state index contributed by atoms with van der Waals surface area (Å²) in [5, 5.41) is 8.96. The number of aryl methyl sites for hydroxylation is 1. The highest BCUT2D eigenvalue weighted by Gasteiger charge is 2.07. The summed E-state index contributed by atoms with van der Waals surface area (Å²) in [6.07, 6.45) is 0. The number of thioether (sulfide) groups is 1. The number of nitrogens with zero attached hydrogens (tertiary/aromatic N) is 1. The number of carboxylic acid groups (broad SMARTS) is 1. The Balaban J connectivity index is 2.53. The Hall–Kier alpha value is -1.00. The van der Waals surface area contributed by atoms with E-state index in [1.165, 1.54) is 0 Å². The lowest BCUT2D eigenvalue weighted by Crippen LogP contribution is -2.25. The first kappa shape index (κ1) is 15.1. The second kappa shape index (κ2) is 7.44. The molecule has 0 aromatic heterocycles. The van der Waals surface area contributed by atoms with Gasteiger partial charge in [-0.05, 0) is 43.8 Å². The van der Waals surface area contributed by atoms with Crippen LogP contribution >= 0.6 is 11.8 Å². The third-order valence-corrected chi connectivity index (χ3v) is 3.97. The Morgan fingerprint density at radius 1 is 1.33 bits per heavy atom. The highest BCUT2D eigenvalue weighted by Crippen LogP contribution is 2.21. The van der Waals surface area contributed by atoms with Gasteiger partial charge in [-0.3, -0.25) is 0 Å². The molecule has 1 aromatic carbocycles. The molecule has 0 amide bonds. The average Bonchev–Trinajstić information content (AvgIpc) is 2.34. The molecule has 0 aliphatic rings. The van der Waals surface area contributed by atoms with E-state index in [2.05, 4.69) is 18.7 Å². The van der Waals surface area contributed by atoms with Crippen LogP contribution in [0.5, 0.6) is 0 Å². The van der Waals surface area contributed by atoms with E-state index >= 15 is 0 Å². The fourth-order valence-corrected chi connectivity index (χ4v) is 2.81. The van der Waals surface area contributed by atoms with Gasteiger partial charge in [0.1, 0.15) is 0 Å². The van der Waals surface area contributed by atoms with Crippen molar-refractivity contribution in [3.63, 3.8) is 0 Å². The Kier molecular flexibility index (Phi) is 6.22. The summed E-state index contributed by atoms with van der Waals surface area (Å²) in [6.45, 7) is 9.40. The van der Waals surface area contributed by atoms with E-state index in [9.17, 15) is 4.79 Å². The van der Waals surface area contributed by atoms with Crippen LogP contribution in [0.4, 0.5) is 0 Å². The topological polar surface area (TPSA) is 40.5 Å². The lowest BCUT2D eigenvalue weighted by molar-refractivity contribution is 0.0696. The van der Waals surface area contributed by atoms with Gasteiger partial charge in [-0.15, -0.1) is 11.8 Å². The molecule has 0 atom stereocenters. The average molecular weight is 267 g/mol. The number of hydrogen-bond donors (Lipinski definition) is 1. The molecule has 1 rings (SSSR count). The zero-order valence-corrected chi connectivity index (χ0v) is 12.1. The maximum Gasteiger partial charge on any atom is 0.335 e. The monoisotopic (exact) mass is 267 g/mol. The standard InChI is InChI=1S/C14H21NO2S/c1-4-15(5-2)8-9-18-12-6-7-13(14(16)17)11(3)10-12/h6-7,10H,4-5,8-9H2,1-3H3,(H,16,17). The summed E-state index contributed by atoms with van der Waals surface area (Å²) in [5.74, 6) is 0.181. The van der Waals surface area contributed by atoms with Crippen LogP contribution in [0.1, 0.15) is 29.8 Å². The molecule has 1 aromatic rings. The molecule has 0 heterocycles. The summed E-state index contributed by atoms with van der Waals surface area (Å²) in [6, 6.07) is 5.54. The van der Waals surface area contributed by atoms with Crippen LogP contribution < -0.4 is 0 Å². The van der Waals surface area contributed by atoms with E-state index in [1.807, 2.05) is 19.1 Å². The molecule has 0 spiro atoms. The van der Waals surface area contributed by atoms with Gasteiger partial charge in [-0.2, -0.15) is 0 Å². The summed E-state index contributed by atoms with van der Waals surface area (Å²) in [5.41, 5.74) is 1.22. The van der Waals surface area contributed by atoms with E-state index in [-0.39, 0.29) is 0 Å². The van der Waals surface area contributed by atoms with Gasteiger partial charge in [0.25, 0.3) is 0 Å². The van der Waals surface area contributed by atoms with Gasteiger partial charge < -0.3 is 10.0 Å². The summed E-state index contributed by atoms with van der Waals surface area (Å²) < 4.78 is 0. The van der Waals surface area contributed by atoms with Crippen molar-refractivity contribution >= 4 is 17.7 Å². The van der Waals surface area contributed by atoms with E-state index in [4.69, 9.17) is 5.11 Å². The predicted molar refractivity (Wildman–Crippen MR) is 76.7 cm³/mol. The van der Waals surface area contributed by atoms with Gasteiger partial charge in [0, 0.05) is 17.2 Å². The van der Waals surface area contributed by atoms with Crippen LogP contribution in [-0.2, 0) is 0 Å². The third-order valence-electron chi connectivity index (χ3n) is 3.00. The SMILES string of the molecule is CCN(CC)CCSc1ccc(C(=O)O)c(C)c1. The first-order chi connectivity index (χ1) is 8.58. The van der Waals surface area contributed by atoms with E-state index in [1.54, 1.807) is 17.8 Å². The minimum atomic E-state index is -0.854. The van der Waals surface area contributed by atoms with Gasteiger partial charge in [0.2, 0.25) is 0 Å². The van der Waals surface area contributed by atoms with Gasteiger partial charge in [-0.1, -0.05) is 13.8 Å². The zero-order chi connectivity index (χ0) is 13.5. The maximum absolute atomic E-state index is 10.9. The number of carbonyl (C=O) groups is 1. The molecule has 0 radical (unpaired) electrons. The maximum atomic E-state index is 10.9. The molecule has 0 bridgehead atoms. The Bertz CT molecular complexity index is 403. The lowest BCUT2D eigenvalue weighted by atomic mass is 10.1. The van der Waals surface area contributed by atoms with Gasteiger partial charge in [-0.25, -0.2) is 4.79 Å². The highest BCUT2D eigenvalue weighted by molar-refractivity contribution is 7.99. The van der Waals surface area contributed by atoms with Crippen molar-refractivity contribution in [1.29, 1.82) is 0 Å². The minimum Gasteiger partial charge on any atom is -0.478 e. The van der Waals surface area contributed by atoms with Crippen molar-refractivity contribution in [2.45, 2.75) is 25.7 Å². The Morgan fingerprint density at radius 2 is 2.00 bits per heavy atom. The lowest BCUT2D eigenvalue weighted by Gasteiger charge is -2.17. The van der Waals surface area contributed by atoms with Crippen LogP contribution in [0.2, 0.25) is 0 Å². The predicted octanol–water partition coefficient (Wildman–Crippen LogP) is 3.13. The molecule has 0 aliphatic carbocycles. The molecule has 100 valence electrons. The van der Waals surface area contributed by atoms with Crippen molar-refractivity contribution in [2.75, 3.05) is 25.4 Å². The zero-order valence-electron chi connectivity index (χ0n) is 11.3. The quantitative estimate of drug-likeness (QED) is 0.771. The summed E-state index contributed by atoms with van der Waals surface area (Å²) in [7, 11) is 0. The molecule has 0 saturated carbocycles. The third kappa shape index (κ3) is 4.35. The summed E-state index contributed by atoms with van der Waals surface area (Å²) in [4.78, 5) is 14.4. The highest BCUT2D eigenvalue weighted by atomic mass is 32.2. The second-order valence-corrected chi connectivity index (χ2v) is 5.33. The summed E-state index contributed by atoms with van der Waals surface area (Å²) >= 11 is 1.78. The molecule has 18 heavy (non-hydrogen) atoms. The molecule has 0 saturated heterocycles. The first-order valence-corrected chi connectivity index (χ1v) is 7.26. The Morgan fingerprint density at radius 3 is 2.50 bits per heavy atom. The molecule has 3 nitrogen and oxygen atoms in total. The van der Waals surface area contributed by atoms with Crippen LogP contribution in [0.25, 0.3) is 0 Å². The fourth-order valence-electron chi connectivity index (χ4n) is 1.80. The number of carboxylic acids is 1. The van der Waals surface area contributed by atoms with Crippen LogP contribution in [0.3, 0.4) is 0 Å². The number of benzene rings is 1. The minimum absolute atomic E-state index is 0.392. The number of aromatic carboxylic acids is 1. The van der Waals surface area contributed by atoms with Crippen LogP contribution in [0.15, 0.2) is 23.1 Å². The van der Waals surface area contributed by atoms with Crippen molar-refractivity contribution in [1.82, 2.24) is 4.90 Å². The molecule has 4 heteroatoms. The van der Waals surface area contributed by atoms with Gasteiger partial charge in [0.15, 0.2) is 0 Å². The first-order valence-electron chi connectivity index (χ1n) is 6.27. The fraction of sp³-hybridized carbons (Fsp3) is 0.500. The largest absolute Gasteiger partial charge is 0.478 e.